The van der Waals surface area contributed by atoms with Gasteiger partial charge < -0.3 is 0 Å². The Morgan fingerprint density at radius 3 is 2.68 bits per heavy atom. The van der Waals surface area contributed by atoms with Crippen LogP contribution in [0.4, 0.5) is 5.69 Å². The molecule has 6 heteroatoms. The van der Waals surface area contributed by atoms with Gasteiger partial charge >= 0.3 is 0 Å². The zero-order chi connectivity index (χ0) is 13.6. The van der Waals surface area contributed by atoms with E-state index >= 15 is 0 Å². The number of carbonyl (C=O) groups excluding carboxylic acids is 2. The molecule has 94 valence electrons. The van der Waals surface area contributed by atoms with Gasteiger partial charge in [-0.25, -0.2) is 4.90 Å². The van der Waals surface area contributed by atoms with Crippen LogP contribution in [-0.2, 0) is 0 Å². The number of hydrogen-bond acceptors (Lipinski definition) is 3. The molecule has 1 aliphatic rings. The van der Waals surface area contributed by atoms with E-state index in [1.165, 1.54) is 6.20 Å². The highest BCUT2D eigenvalue weighted by Gasteiger charge is 2.38. The Morgan fingerprint density at radius 2 is 1.95 bits per heavy atom. The number of anilines is 1. The maximum Gasteiger partial charge on any atom is 0.284 e. The van der Waals surface area contributed by atoms with Crippen molar-refractivity contribution in [3.05, 3.63) is 57.3 Å². The van der Waals surface area contributed by atoms with Crippen molar-refractivity contribution in [2.24, 2.45) is 0 Å². The number of rotatable bonds is 1. The average molecular weight is 338 g/mol. The van der Waals surface area contributed by atoms with Crippen molar-refractivity contribution in [1.82, 2.24) is 4.98 Å². The number of carbonyl (C=O) groups is 2. The third-order valence-corrected chi connectivity index (χ3v) is 3.70. The fraction of sp³-hybridized carbons (Fsp3) is 0. The topological polar surface area (TPSA) is 50.3 Å². The van der Waals surface area contributed by atoms with Crippen LogP contribution in [0, 0.1) is 0 Å². The van der Waals surface area contributed by atoms with Gasteiger partial charge in [0.05, 0.1) is 11.3 Å². The van der Waals surface area contributed by atoms with E-state index in [1.807, 2.05) is 0 Å². The van der Waals surface area contributed by atoms with Crippen molar-refractivity contribution in [1.29, 1.82) is 0 Å². The third-order valence-electron chi connectivity index (χ3n) is 2.80. The van der Waals surface area contributed by atoms with Gasteiger partial charge in [-0.2, -0.15) is 0 Å². The van der Waals surface area contributed by atoms with E-state index in [-0.39, 0.29) is 5.69 Å². The van der Waals surface area contributed by atoms with Crippen molar-refractivity contribution in [3.8, 4) is 0 Å². The normalized spacial score (nSPS) is 13.9. The van der Waals surface area contributed by atoms with Crippen molar-refractivity contribution < 1.29 is 9.59 Å². The van der Waals surface area contributed by atoms with Crippen LogP contribution in [0.1, 0.15) is 20.8 Å². The zero-order valence-corrected chi connectivity index (χ0v) is 11.8. The Bertz CT molecular complexity index is 683. The molecule has 1 aliphatic heterocycles. The van der Waals surface area contributed by atoms with Gasteiger partial charge in [-0.1, -0.05) is 11.6 Å². The highest BCUT2D eigenvalue weighted by Crippen LogP contribution is 2.34. The van der Waals surface area contributed by atoms with E-state index in [0.29, 0.717) is 20.7 Å². The molecule has 4 nitrogen and oxygen atoms in total. The third kappa shape index (κ3) is 1.86. The Balaban J connectivity index is 2.17. The Kier molecular flexibility index (Phi) is 2.88. The van der Waals surface area contributed by atoms with Gasteiger partial charge in [-0.05, 0) is 46.3 Å². The fourth-order valence-electron chi connectivity index (χ4n) is 1.94. The molecule has 0 unspecified atom stereocenters. The van der Waals surface area contributed by atoms with Crippen LogP contribution in [0.5, 0.6) is 0 Å². The molecule has 0 saturated carbocycles. The Morgan fingerprint density at radius 1 is 1.16 bits per heavy atom. The predicted octanol–water partition coefficient (Wildman–Crippen LogP) is 3.30. The van der Waals surface area contributed by atoms with E-state index in [9.17, 15) is 9.59 Å². The number of hydrogen-bond donors (Lipinski definition) is 0. The lowest BCUT2D eigenvalue weighted by atomic mass is 10.2. The number of pyridine rings is 1. The molecule has 3 rings (SSSR count). The first-order chi connectivity index (χ1) is 9.09. The minimum atomic E-state index is -0.441. The minimum absolute atomic E-state index is 0.166. The molecule has 0 fully saturated rings. The van der Waals surface area contributed by atoms with Crippen LogP contribution in [-0.4, -0.2) is 16.8 Å². The summed E-state index contributed by atoms with van der Waals surface area (Å²) in [6.45, 7) is 0. The van der Waals surface area contributed by atoms with Crippen LogP contribution in [0.15, 0.2) is 41.0 Å². The van der Waals surface area contributed by atoms with E-state index in [4.69, 9.17) is 11.6 Å². The second kappa shape index (κ2) is 4.43. The highest BCUT2D eigenvalue weighted by molar-refractivity contribution is 9.10. The first-order valence-electron chi connectivity index (χ1n) is 5.38. The van der Waals surface area contributed by atoms with Crippen LogP contribution in [0.3, 0.4) is 0 Å². The largest absolute Gasteiger partial charge is 0.284 e. The van der Waals surface area contributed by atoms with Crippen molar-refractivity contribution in [3.63, 3.8) is 0 Å². The summed E-state index contributed by atoms with van der Waals surface area (Å²) >= 11 is 9.23. The van der Waals surface area contributed by atoms with Crippen LogP contribution in [0.2, 0.25) is 5.02 Å². The summed E-state index contributed by atoms with van der Waals surface area (Å²) in [6.07, 6.45) is 1.49. The van der Waals surface area contributed by atoms with Crippen LogP contribution >= 0.6 is 27.5 Å². The molecule has 0 atom stereocenters. The molecular weight excluding hydrogens is 332 g/mol. The van der Waals surface area contributed by atoms with Crippen molar-refractivity contribution >= 4 is 45.0 Å². The van der Waals surface area contributed by atoms with Gasteiger partial charge in [0.15, 0.2) is 0 Å². The minimum Gasteiger partial charge on any atom is -0.268 e. The maximum absolute atomic E-state index is 12.3. The zero-order valence-electron chi connectivity index (χ0n) is 9.43. The molecule has 1 aromatic heterocycles. The number of amides is 2. The summed E-state index contributed by atoms with van der Waals surface area (Å²) in [4.78, 5) is 29.6. The number of nitrogens with zero attached hydrogens (tertiary/aromatic N) is 2. The molecule has 2 aromatic rings. The summed E-state index contributed by atoms with van der Waals surface area (Å²) in [7, 11) is 0. The van der Waals surface area contributed by atoms with Gasteiger partial charge in [-0.3, -0.25) is 14.6 Å². The van der Waals surface area contributed by atoms with Gasteiger partial charge in [0.25, 0.3) is 11.8 Å². The number of halogens is 2. The molecule has 0 N–H and O–H groups in total. The number of fused-ring (bicyclic) bond motifs is 1. The number of imide groups is 1. The molecule has 0 bridgehead atoms. The summed E-state index contributed by atoms with van der Waals surface area (Å²) in [5.41, 5.74) is 0.888. The highest BCUT2D eigenvalue weighted by atomic mass is 79.9. The molecule has 19 heavy (non-hydrogen) atoms. The van der Waals surface area contributed by atoms with Gasteiger partial charge in [0.1, 0.15) is 5.69 Å². The SMILES string of the molecule is O=C1c2cccnc2C(=O)N1c1cc(Cl)ccc1Br. The maximum atomic E-state index is 12.3. The van der Waals surface area contributed by atoms with E-state index in [0.717, 1.165) is 4.90 Å². The van der Waals surface area contributed by atoms with Gasteiger partial charge in [0.2, 0.25) is 0 Å². The molecule has 2 heterocycles. The molecular formula is C13H6BrClN2O2. The Hall–Kier alpha value is -1.72. The first kappa shape index (κ1) is 12.3. The summed E-state index contributed by atoms with van der Waals surface area (Å²) < 4.78 is 0.617. The second-order valence-corrected chi connectivity index (χ2v) is 5.23. The molecule has 0 aliphatic carbocycles. The molecule has 0 spiro atoms. The first-order valence-corrected chi connectivity index (χ1v) is 6.55. The van der Waals surface area contributed by atoms with Crippen LogP contribution < -0.4 is 4.90 Å². The van der Waals surface area contributed by atoms with Gasteiger partial charge in [-0.15, -0.1) is 0 Å². The second-order valence-electron chi connectivity index (χ2n) is 3.94. The Labute approximate surface area is 122 Å². The lowest BCUT2D eigenvalue weighted by molar-refractivity contribution is 0.0924. The van der Waals surface area contributed by atoms with E-state index in [2.05, 4.69) is 20.9 Å². The molecule has 1 aromatic carbocycles. The van der Waals surface area contributed by atoms with Crippen molar-refractivity contribution in [2.45, 2.75) is 0 Å². The van der Waals surface area contributed by atoms with Crippen molar-refractivity contribution in [2.75, 3.05) is 4.90 Å². The smallest absolute Gasteiger partial charge is 0.268 e. The number of benzene rings is 1. The molecule has 2 amide bonds. The standard InChI is InChI=1S/C13H6BrClN2O2/c14-9-4-3-7(15)6-10(9)17-12(18)8-2-1-5-16-11(8)13(17)19/h1-6H. The fourth-order valence-corrected chi connectivity index (χ4v) is 2.53. The molecule has 0 radical (unpaired) electrons. The van der Waals surface area contributed by atoms with E-state index < -0.39 is 11.8 Å². The number of aromatic nitrogens is 1. The lowest BCUT2D eigenvalue weighted by Crippen LogP contribution is -2.29. The predicted molar refractivity (Wildman–Crippen MR) is 74.5 cm³/mol. The quantitative estimate of drug-likeness (QED) is 0.750. The lowest BCUT2D eigenvalue weighted by Gasteiger charge is -2.15. The van der Waals surface area contributed by atoms with Crippen LogP contribution in [0.25, 0.3) is 0 Å². The monoisotopic (exact) mass is 336 g/mol. The van der Waals surface area contributed by atoms with E-state index in [1.54, 1.807) is 30.3 Å². The average Bonchev–Trinajstić information content (AvgIpc) is 2.66. The summed E-state index contributed by atoms with van der Waals surface area (Å²) in [5, 5.41) is 0.447. The molecule has 0 saturated heterocycles. The summed E-state index contributed by atoms with van der Waals surface area (Å²) in [5.74, 6) is -0.834. The summed E-state index contributed by atoms with van der Waals surface area (Å²) in [6, 6.07) is 8.13. The van der Waals surface area contributed by atoms with Gasteiger partial charge in [0, 0.05) is 15.7 Å².